The number of ether oxygens (including phenoxy) is 1. The number of nitrogens with zero attached hydrogens (tertiary/aromatic N) is 3. The molecule has 2 aromatic carbocycles. The Hall–Kier alpha value is -4.73. The maximum atomic E-state index is 12.4. The second-order valence-corrected chi connectivity index (χ2v) is 8.30. The van der Waals surface area contributed by atoms with Crippen molar-refractivity contribution in [1.82, 2.24) is 4.98 Å². The molecule has 2 heterocycles. The summed E-state index contributed by atoms with van der Waals surface area (Å²) in [5.41, 5.74) is 7.18. The van der Waals surface area contributed by atoms with E-state index in [1.165, 1.54) is 18.0 Å². The molecule has 0 aliphatic heterocycles. The lowest BCUT2D eigenvalue weighted by molar-refractivity contribution is -0.115. The Balaban J connectivity index is 1.38. The largest absolute Gasteiger partial charge is 0.464 e. The summed E-state index contributed by atoms with van der Waals surface area (Å²) in [5.74, 6) is 1.90. The monoisotopic (exact) mass is 481 g/mol. The molecular weight excluding hydrogens is 462 g/mol. The van der Waals surface area contributed by atoms with E-state index in [0.29, 0.717) is 33.5 Å². The molecule has 0 atom stereocenters. The van der Waals surface area contributed by atoms with Crippen molar-refractivity contribution in [2.75, 3.05) is 16.8 Å². The number of rotatable bonds is 8. The third-order valence-corrected chi connectivity index (χ3v) is 5.85. The van der Waals surface area contributed by atoms with Crippen LogP contribution >= 0.6 is 11.8 Å². The van der Waals surface area contributed by atoms with Crippen LogP contribution in [0.15, 0.2) is 82.4 Å². The fourth-order valence-electron chi connectivity index (χ4n) is 3.26. The van der Waals surface area contributed by atoms with Gasteiger partial charge in [-0.2, -0.15) is 10.5 Å². The van der Waals surface area contributed by atoms with Crippen LogP contribution in [0.5, 0.6) is 11.5 Å². The minimum atomic E-state index is -0.194. The van der Waals surface area contributed by atoms with Crippen molar-refractivity contribution >= 4 is 29.2 Å². The first-order valence-electron chi connectivity index (χ1n) is 10.5. The maximum Gasteiger partial charge on any atom is 0.225 e. The van der Waals surface area contributed by atoms with Crippen LogP contribution in [0.2, 0.25) is 0 Å². The van der Waals surface area contributed by atoms with Gasteiger partial charge in [-0.25, -0.2) is 4.98 Å². The van der Waals surface area contributed by atoms with E-state index in [1.807, 2.05) is 36.4 Å². The molecule has 1 amide bonds. The van der Waals surface area contributed by atoms with Gasteiger partial charge in [0.05, 0.1) is 17.4 Å². The van der Waals surface area contributed by atoms with E-state index in [1.54, 1.807) is 36.4 Å². The number of furan rings is 1. The Morgan fingerprint density at radius 3 is 2.37 bits per heavy atom. The number of nitrogens with one attached hydrogen (secondary N) is 1. The van der Waals surface area contributed by atoms with Gasteiger partial charge in [0, 0.05) is 17.9 Å². The summed E-state index contributed by atoms with van der Waals surface area (Å²) >= 11 is 1.21. The molecule has 0 aliphatic carbocycles. The molecule has 0 aliphatic rings. The molecule has 0 radical (unpaired) electrons. The van der Waals surface area contributed by atoms with Gasteiger partial charge in [-0.05, 0) is 48.5 Å². The first kappa shape index (κ1) is 23.4. The number of pyridine rings is 1. The zero-order chi connectivity index (χ0) is 24.6. The number of hydrogen-bond donors (Lipinski definition) is 2. The highest BCUT2D eigenvalue weighted by atomic mass is 32.2. The Bertz CT molecular complexity index is 1410. The maximum absolute atomic E-state index is 12.4. The van der Waals surface area contributed by atoms with Crippen molar-refractivity contribution < 1.29 is 13.9 Å². The first-order valence-corrected chi connectivity index (χ1v) is 11.5. The molecule has 0 fully saturated rings. The number of amides is 1. The number of nitriles is 2. The van der Waals surface area contributed by atoms with Gasteiger partial charge >= 0.3 is 0 Å². The van der Waals surface area contributed by atoms with Crippen molar-refractivity contribution in [2.45, 2.75) is 11.4 Å². The van der Waals surface area contributed by atoms with E-state index in [2.05, 4.69) is 16.4 Å². The van der Waals surface area contributed by atoms with Crippen LogP contribution in [-0.4, -0.2) is 16.6 Å². The number of hydrogen-bond acceptors (Lipinski definition) is 8. The van der Waals surface area contributed by atoms with E-state index in [0.717, 1.165) is 5.75 Å². The summed E-state index contributed by atoms with van der Waals surface area (Å²) in [6, 6.07) is 23.9. The van der Waals surface area contributed by atoms with Crippen molar-refractivity contribution in [3.63, 3.8) is 0 Å². The quantitative estimate of drug-likeness (QED) is 0.311. The molecule has 35 heavy (non-hydrogen) atoms. The molecule has 172 valence electrons. The van der Waals surface area contributed by atoms with E-state index in [9.17, 15) is 15.3 Å². The Labute approximate surface area is 206 Å². The van der Waals surface area contributed by atoms with Crippen LogP contribution in [0.25, 0.3) is 11.3 Å². The van der Waals surface area contributed by atoms with Crippen molar-refractivity contribution in [1.29, 1.82) is 10.5 Å². The van der Waals surface area contributed by atoms with Gasteiger partial charge in [-0.3, -0.25) is 4.79 Å². The Morgan fingerprint density at radius 1 is 1.00 bits per heavy atom. The number of carbonyl (C=O) groups is 1. The van der Waals surface area contributed by atoms with Gasteiger partial charge < -0.3 is 20.2 Å². The summed E-state index contributed by atoms with van der Waals surface area (Å²) in [6.07, 6.45) is 1.63. The van der Waals surface area contributed by atoms with Gasteiger partial charge in [0.25, 0.3) is 0 Å². The van der Waals surface area contributed by atoms with E-state index >= 15 is 0 Å². The number of anilines is 2. The van der Waals surface area contributed by atoms with Crippen LogP contribution < -0.4 is 15.8 Å². The minimum Gasteiger partial charge on any atom is -0.464 e. The lowest BCUT2D eigenvalue weighted by atomic mass is 10.0. The van der Waals surface area contributed by atoms with Crippen molar-refractivity contribution in [3.8, 4) is 35.0 Å². The summed E-state index contributed by atoms with van der Waals surface area (Å²) in [4.78, 5) is 16.6. The molecule has 0 saturated carbocycles. The van der Waals surface area contributed by atoms with E-state index < -0.39 is 0 Å². The molecular formula is C26H19N5O3S. The first-order chi connectivity index (χ1) is 17.1. The van der Waals surface area contributed by atoms with Crippen LogP contribution in [0.1, 0.15) is 17.5 Å². The van der Waals surface area contributed by atoms with Gasteiger partial charge in [0.2, 0.25) is 5.91 Å². The van der Waals surface area contributed by atoms with E-state index in [-0.39, 0.29) is 29.3 Å². The number of nitrogen functional groups attached to an aromatic ring is 1. The molecule has 0 bridgehead atoms. The topological polar surface area (TPSA) is 138 Å². The molecule has 0 spiro atoms. The van der Waals surface area contributed by atoms with Gasteiger partial charge in [-0.1, -0.05) is 18.2 Å². The van der Waals surface area contributed by atoms with Crippen LogP contribution in [-0.2, 0) is 4.79 Å². The second kappa shape index (κ2) is 10.9. The number of aromatic nitrogens is 1. The number of carbonyl (C=O) groups excluding carboxylic acids is 1. The van der Waals surface area contributed by atoms with Crippen molar-refractivity contribution in [2.24, 2.45) is 0 Å². The molecule has 4 aromatic rings. The lowest BCUT2D eigenvalue weighted by Crippen LogP contribution is -2.12. The smallest absolute Gasteiger partial charge is 0.225 e. The van der Waals surface area contributed by atoms with Crippen LogP contribution in [0, 0.1) is 22.7 Å². The van der Waals surface area contributed by atoms with Crippen LogP contribution in [0.4, 0.5) is 11.5 Å². The third kappa shape index (κ3) is 5.61. The molecule has 0 unspecified atom stereocenters. The molecule has 4 rings (SSSR count). The Kier molecular flexibility index (Phi) is 7.31. The molecule has 3 N–H and O–H groups in total. The fourth-order valence-corrected chi connectivity index (χ4v) is 4.20. The number of thioether (sulfide) groups is 1. The number of nitrogens with two attached hydrogens (primary N) is 1. The average Bonchev–Trinajstić information content (AvgIpc) is 3.40. The Morgan fingerprint density at radius 2 is 1.71 bits per heavy atom. The van der Waals surface area contributed by atoms with Crippen molar-refractivity contribution in [3.05, 3.63) is 84.1 Å². The number of benzene rings is 2. The second-order valence-electron chi connectivity index (χ2n) is 7.21. The normalized spacial score (nSPS) is 10.2. The zero-order valence-electron chi connectivity index (χ0n) is 18.4. The summed E-state index contributed by atoms with van der Waals surface area (Å²) in [5, 5.41) is 22.4. The predicted octanol–water partition coefficient (Wildman–Crippen LogP) is 5.58. The number of para-hydroxylation sites is 1. The van der Waals surface area contributed by atoms with Gasteiger partial charge in [0.15, 0.2) is 0 Å². The fraction of sp³-hybridized carbons (Fsp3) is 0.0769. The third-order valence-electron chi connectivity index (χ3n) is 4.87. The highest BCUT2D eigenvalue weighted by Gasteiger charge is 2.22. The van der Waals surface area contributed by atoms with Gasteiger partial charge in [0.1, 0.15) is 45.8 Å². The summed E-state index contributed by atoms with van der Waals surface area (Å²) in [7, 11) is 0. The summed E-state index contributed by atoms with van der Waals surface area (Å²) in [6.45, 7) is 0. The van der Waals surface area contributed by atoms with Gasteiger partial charge in [-0.15, -0.1) is 11.8 Å². The van der Waals surface area contributed by atoms with E-state index in [4.69, 9.17) is 14.9 Å². The molecule has 8 nitrogen and oxygen atoms in total. The molecule has 0 saturated heterocycles. The lowest BCUT2D eigenvalue weighted by Gasteiger charge is -2.11. The van der Waals surface area contributed by atoms with Crippen LogP contribution in [0.3, 0.4) is 0 Å². The zero-order valence-corrected chi connectivity index (χ0v) is 19.2. The highest BCUT2D eigenvalue weighted by molar-refractivity contribution is 7.99. The highest BCUT2D eigenvalue weighted by Crippen LogP contribution is 2.36. The average molecular weight is 482 g/mol. The standard InChI is InChI=1S/C26H19N5O3S/c27-15-20-24(22-7-4-13-33-22)21(16-28)26(31-25(20)29)35-14-12-23(32)30-17-8-10-19(11-9-17)34-18-5-2-1-3-6-18/h1-11,13H,12,14H2,(H2,29,31)(H,30,32). The minimum absolute atomic E-state index is 0.00247. The molecule has 9 heteroatoms. The predicted molar refractivity (Wildman–Crippen MR) is 133 cm³/mol. The SMILES string of the molecule is N#Cc1c(N)nc(SCCC(=O)Nc2ccc(Oc3ccccc3)cc2)c(C#N)c1-c1ccco1. The molecule has 2 aromatic heterocycles. The summed E-state index contributed by atoms with van der Waals surface area (Å²) < 4.78 is 11.1.